The van der Waals surface area contributed by atoms with Crippen molar-refractivity contribution in [3.05, 3.63) is 47.5 Å². The Kier molecular flexibility index (Phi) is 5.65. The van der Waals surface area contributed by atoms with Gasteiger partial charge in [0.1, 0.15) is 12.7 Å². The van der Waals surface area contributed by atoms with Crippen LogP contribution in [0.5, 0.6) is 0 Å². The maximum atomic E-state index is 11.5. The van der Waals surface area contributed by atoms with E-state index in [-0.39, 0.29) is 30.8 Å². The average molecular weight is 385 g/mol. The Bertz CT molecular complexity index is 630. The summed E-state index contributed by atoms with van der Waals surface area (Å²) >= 11 is 5.96. The predicted octanol–water partition coefficient (Wildman–Crippen LogP) is 3.34. The molecule has 2 atom stereocenters. The standard InChI is InChI=1S/C17H22ClN3O.Zn/c1-16(2)8-7-14(9-13-3-5-15(18)6-4-13)17(16,22)10-21-12-19-11-20-21;/h3-6,11-12,14,22H,7-10H2,1-2H3;. The molecule has 0 aliphatic heterocycles. The van der Waals surface area contributed by atoms with E-state index in [0.29, 0.717) is 6.54 Å². The van der Waals surface area contributed by atoms with Crippen molar-refractivity contribution in [3.63, 3.8) is 0 Å². The third-order valence-electron chi connectivity index (χ3n) is 5.23. The minimum absolute atomic E-state index is 0. The van der Waals surface area contributed by atoms with Gasteiger partial charge in [0.15, 0.2) is 0 Å². The van der Waals surface area contributed by atoms with Gasteiger partial charge >= 0.3 is 0 Å². The molecule has 1 aliphatic rings. The van der Waals surface area contributed by atoms with Crippen molar-refractivity contribution in [1.29, 1.82) is 0 Å². The molecule has 4 nitrogen and oxygen atoms in total. The summed E-state index contributed by atoms with van der Waals surface area (Å²) in [5.74, 6) is 0.202. The molecule has 0 spiro atoms. The Hall–Kier alpha value is -0.767. The smallest absolute Gasteiger partial charge is 0.137 e. The Morgan fingerprint density at radius 3 is 2.61 bits per heavy atom. The summed E-state index contributed by atoms with van der Waals surface area (Å²) in [6.45, 7) is 4.77. The zero-order valence-corrected chi connectivity index (χ0v) is 17.5. The van der Waals surface area contributed by atoms with Crippen LogP contribution in [0.15, 0.2) is 36.9 Å². The first-order chi connectivity index (χ1) is 10.4. The van der Waals surface area contributed by atoms with Gasteiger partial charge in [-0.05, 0) is 48.3 Å². The zero-order valence-electron chi connectivity index (χ0n) is 13.7. The molecule has 3 rings (SSSR count). The number of halogens is 1. The summed E-state index contributed by atoms with van der Waals surface area (Å²) < 4.78 is 1.74. The summed E-state index contributed by atoms with van der Waals surface area (Å²) in [6, 6.07) is 7.91. The first-order valence-corrected chi connectivity index (χ1v) is 8.08. The molecule has 0 radical (unpaired) electrons. The minimum atomic E-state index is -0.791. The SMILES string of the molecule is CC1(C)CCC(Cc2ccc(Cl)cc2)C1(O)Cn1cncn1.[Zn]. The second-order valence-electron chi connectivity index (χ2n) is 6.97. The predicted molar refractivity (Wildman–Crippen MR) is 86.6 cm³/mol. The monoisotopic (exact) mass is 383 g/mol. The van der Waals surface area contributed by atoms with Crippen LogP contribution < -0.4 is 0 Å². The first-order valence-electron chi connectivity index (χ1n) is 7.70. The Morgan fingerprint density at radius 1 is 1.30 bits per heavy atom. The largest absolute Gasteiger partial charge is 0.387 e. The van der Waals surface area contributed by atoms with Crippen LogP contribution in [-0.4, -0.2) is 25.5 Å². The van der Waals surface area contributed by atoms with E-state index in [0.717, 1.165) is 24.3 Å². The summed E-state index contributed by atoms with van der Waals surface area (Å²) in [4.78, 5) is 3.99. The Balaban J connectivity index is 0.00000192. The van der Waals surface area contributed by atoms with Crippen LogP contribution in [-0.2, 0) is 32.4 Å². The van der Waals surface area contributed by atoms with Crippen LogP contribution in [0.4, 0.5) is 0 Å². The van der Waals surface area contributed by atoms with Gasteiger partial charge in [-0.15, -0.1) is 0 Å². The van der Waals surface area contributed by atoms with Crippen LogP contribution in [0.3, 0.4) is 0 Å². The van der Waals surface area contributed by atoms with Crippen molar-refractivity contribution in [3.8, 4) is 0 Å². The van der Waals surface area contributed by atoms with Crippen molar-refractivity contribution >= 4 is 11.6 Å². The first kappa shape index (κ1) is 18.6. The number of aliphatic hydroxyl groups is 1. The molecule has 1 aromatic carbocycles. The van der Waals surface area contributed by atoms with Crippen molar-refractivity contribution in [2.75, 3.05) is 0 Å². The van der Waals surface area contributed by atoms with Gasteiger partial charge in [-0.1, -0.05) is 37.6 Å². The van der Waals surface area contributed by atoms with Gasteiger partial charge in [0, 0.05) is 24.5 Å². The molecule has 0 saturated heterocycles. The third kappa shape index (κ3) is 3.67. The Morgan fingerprint density at radius 2 is 2.00 bits per heavy atom. The minimum Gasteiger partial charge on any atom is -0.387 e. The molecule has 1 heterocycles. The van der Waals surface area contributed by atoms with E-state index >= 15 is 0 Å². The number of rotatable bonds is 4. The van der Waals surface area contributed by atoms with Gasteiger partial charge in [0.2, 0.25) is 0 Å². The molecule has 0 bridgehead atoms. The molecule has 1 fully saturated rings. The summed E-state index contributed by atoms with van der Waals surface area (Å²) in [6.07, 6.45) is 6.06. The van der Waals surface area contributed by atoms with Crippen LogP contribution in [0.1, 0.15) is 32.3 Å². The summed E-state index contributed by atoms with van der Waals surface area (Å²) in [5.41, 5.74) is 0.278. The second-order valence-corrected chi connectivity index (χ2v) is 7.40. The van der Waals surface area contributed by atoms with Crippen LogP contribution in [0, 0.1) is 11.3 Å². The quantitative estimate of drug-likeness (QED) is 0.822. The number of benzene rings is 1. The van der Waals surface area contributed by atoms with Gasteiger partial charge < -0.3 is 5.11 Å². The second kappa shape index (κ2) is 7.00. The van der Waals surface area contributed by atoms with Gasteiger partial charge in [-0.25, -0.2) is 4.98 Å². The molecule has 1 N–H and O–H groups in total. The topological polar surface area (TPSA) is 50.9 Å². The van der Waals surface area contributed by atoms with E-state index < -0.39 is 5.60 Å². The van der Waals surface area contributed by atoms with E-state index in [2.05, 4.69) is 23.9 Å². The van der Waals surface area contributed by atoms with E-state index in [1.54, 1.807) is 11.0 Å². The molecule has 23 heavy (non-hydrogen) atoms. The van der Waals surface area contributed by atoms with E-state index in [9.17, 15) is 5.11 Å². The number of hydrogen-bond donors (Lipinski definition) is 1. The third-order valence-corrected chi connectivity index (χ3v) is 5.48. The number of hydrogen-bond acceptors (Lipinski definition) is 3. The summed E-state index contributed by atoms with van der Waals surface area (Å²) in [7, 11) is 0. The zero-order chi connectivity index (χ0) is 15.8. The van der Waals surface area contributed by atoms with Crippen molar-refractivity contribution < 1.29 is 24.6 Å². The molecular formula is C17H22ClN3OZn. The van der Waals surface area contributed by atoms with Crippen LogP contribution in [0.2, 0.25) is 5.02 Å². The molecule has 6 heteroatoms. The maximum absolute atomic E-state index is 11.5. The van der Waals surface area contributed by atoms with Gasteiger partial charge in [0.05, 0.1) is 12.1 Å². The molecule has 1 saturated carbocycles. The molecule has 2 aromatic rings. The van der Waals surface area contributed by atoms with Crippen molar-refractivity contribution in [1.82, 2.24) is 14.8 Å². The van der Waals surface area contributed by atoms with Crippen LogP contribution >= 0.6 is 11.6 Å². The fourth-order valence-electron chi connectivity index (χ4n) is 3.62. The van der Waals surface area contributed by atoms with Gasteiger partial charge in [-0.2, -0.15) is 5.10 Å². The van der Waals surface area contributed by atoms with E-state index in [1.807, 2.05) is 24.3 Å². The molecule has 120 valence electrons. The van der Waals surface area contributed by atoms with Crippen LogP contribution in [0.25, 0.3) is 0 Å². The Labute approximate surface area is 155 Å². The number of aromatic nitrogens is 3. The molecule has 1 aliphatic carbocycles. The molecular weight excluding hydrogens is 363 g/mol. The van der Waals surface area contributed by atoms with Crippen molar-refractivity contribution in [2.24, 2.45) is 11.3 Å². The average Bonchev–Trinajstić information content (AvgIpc) is 3.04. The van der Waals surface area contributed by atoms with E-state index in [4.69, 9.17) is 11.6 Å². The van der Waals surface area contributed by atoms with Crippen molar-refractivity contribution in [2.45, 2.75) is 45.3 Å². The fourth-order valence-corrected chi connectivity index (χ4v) is 3.75. The fraction of sp³-hybridized carbons (Fsp3) is 0.529. The van der Waals surface area contributed by atoms with Gasteiger partial charge in [0.25, 0.3) is 0 Å². The normalized spacial score (nSPS) is 26.0. The molecule has 0 amide bonds. The number of nitrogens with zero attached hydrogens (tertiary/aromatic N) is 3. The summed E-state index contributed by atoms with van der Waals surface area (Å²) in [5, 5.41) is 16.4. The van der Waals surface area contributed by atoms with Gasteiger partial charge in [-0.3, -0.25) is 4.68 Å². The molecule has 1 aromatic heterocycles. The maximum Gasteiger partial charge on any atom is 0.137 e. The molecule has 2 unspecified atom stereocenters. The van der Waals surface area contributed by atoms with E-state index in [1.165, 1.54) is 11.9 Å².